The number of rotatable bonds is 4. The molecule has 0 amide bonds. The van der Waals surface area contributed by atoms with Gasteiger partial charge in [-0.1, -0.05) is 23.7 Å². The maximum absolute atomic E-state index is 11.9. The number of H-pyrrole nitrogens is 1. The van der Waals surface area contributed by atoms with Gasteiger partial charge in [0, 0.05) is 18.3 Å². The Bertz CT molecular complexity index is 1070. The third-order valence-electron chi connectivity index (χ3n) is 5.13. The summed E-state index contributed by atoms with van der Waals surface area (Å²) in [5.41, 5.74) is 1.70. The van der Waals surface area contributed by atoms with E-state index in [-0.39, 0.29) is 5.56 Å². The molecular formula is C19H20ClN3O5. The van der Waals surface area contributed by atoms with E-state index in [9.17, 15) is 15.0 Å². The molecule has 0 spiro atoms. The number of aromatic amines is 1. The van der Waals surface area contributed by atoms with Gasteiger partial charge in [0.25, 0.3) is 5.56 Å². The lowest BCUT2D eigenvalue weighted by Gasteiger charge is -2.25. The van der Waals surface area contributed by atoms with Crippen LogP contribution in [0.1, 0.15) is 23.5 Å². The lowest BCUT2D eigenvalue weighted by atomic mass is 9.98. The quantitative estimate of drug-likeness (QED) is 0.609. The first-order valence-corrected chi connectivity index (χ1v) is 9.15. The largest absolute Gasteiger partial charge is 0.387 e. The number of aromatic nitrogens is 3. The van der Waals surface area contributed by atoms with Crippen LogP contribution in [0.4, 0.5) is 0 Å². The fourth-order valence-corrected chi connectivity index (χ4v) is 3.78. The minimum absolute atomic E-state index is 0.292. The van der Waals surface area contributed by atoms with Crippen molar-refractivity contribution < 1.29 is 19.7 Å². The van der Waals surface area contributed by atoms with Crippen molar-refractivity contribution in [3.8, 4) is 0 Å². The Morgan fingerprint density at radius 3 is 2.82 bits per heavy atom. The number of nitrogens with zero attached hydrogens (tertiary/aromatic N) is 2. The van der Waals surface area contributed by atoms with Crippen LogP contribution in [0.15, 0.2) is 41.6 Å². The number of aliphatic hydroxyl groups excluding tert-OH is 2. The maximum Gasteiger partial charge on any atom is 0.260 e. The number of ether oxygens (including phenoxy) is 2. The number of benzene rings is 1. The number of aliphatic hydroxyl groups is 2. The van der Waals surface area contributed by atoms with Gasteiger partial charge in [0.1, 0.15) is 30.1 Å². The normalized spacial score (nSPS) is 26.0. The van der Waals surface area contributed by atoms with E-state index in [0.717, 1.165) is 11.1 Å². The van der Waals surface area contributed by atoms with Gasteiger partial charge < -0.3 is 29.2 Å². The summed E-state index contributed by atoms with van der Waals surface area (Å²) < 4.78 is 13.1. The van der Waals surface area contributed by atoms with Crippen LogP contribution in [-0.2, 0) is 9.47 Å². The fourth-order valence-electron chi connectivity index (χ4n) is 3.66. The molecular weight excluding hydrogens is 386 g/mol. The average Bonchev–Trinajstić information content (AvgIpc) is 3.23. The molecule has 148 valence electrons. The predicted molar refractivity (Wildman–Crippen MR) is 102 cm³/mol. The van der Waals surface area contributed by atoms with E-state index in [4.69, 9.17) is 21.1 Å². The van der Waals surface area contributed by atoms with Crippen molar-refractivity contribution in [2.45, 2.75) is 37.6 Å². The van der Waals surface area contributed by atoms with Crippen molar-refractivity contribution in [3.05, 3.63) is 63.3 Å². The molecule has 1 fully saturated rings. The van der Waals surface area contributed by atoms with Crippen LogP contribution in [0.3, 0.4) is 0 Å². The highest BCUT2D eigenvalue weighted by molar-refractivity contribution is 6.31. The van der Waals surface area contributed by atoms with Crippen LogP contribution >= 0.6 is 11.6 Å². The number of fused-ring (bicyclic) bond motifs is 1. The van der Waals surface area contributed by atoms with Gasteiger partial charge in [-0.05, 0) is 30.2 Å². The predicted octanol–water partition coefficient (Wildman–Crippen LogP) is 1.69. The molecule has 3 heterocycles. The first-order chi connectivity index (χ1) is 13.4. The topological polar surface area (TPSA) is 110 Å². The molecule has 1 aromatic carbocycles. The van der Waals surface area contributed by atoms with Gasteiger partial charge in [-0.2, -0.15) is 0 Å². The molecule has 28 heavy (non-hydrogen) atoms. The molecule has 9 heteroatoms. The number of aryl methyl sites for hydroxylation is 1. The summed E-state index contributed by atoms with van der Waals surface area (Å²) in [6.07, 6.45) is -1.92. The number of methoxy groups -OCH3 is 1. The van der Waals surface area contributed by atoms with Crippen LogP contribution < -0.4 is 5.56 Å². The Balaban J connectivity index is 1.69. The van der Waals surface area contributed by atoms with Crippen LogP contribution in [0.5, 0.6) is 0 Å². The van der Waals surface area contributed by atoms with Crippen molar-refractivity contribution in [2.75, 3.05) is 7.11 Å². The van der Waals surface area contributed by atoms with Crippen molar-refractivity contribution in [1.82, 2.24) is 14.5 Å². The van der Waals surface area contributed by atoms with Gasteiger partial charge in [-0.3, -0.25) is 4.79 Å². The molecule has 2 aromatic heterocycles. The van der Waals surface area contributed by atoms with Crippen LogP contribution in [-0.4, -0.2) is 50.2 Å². The van der Waals surface area contributed by atoms with Crippen molar-refractivity contribution in [3.63, 3.8) is 0 Å². The second-order valence-corrected chi connectivity index (χ2v) is 7.24. The number of hydrogen-bond acceptors (Lipinski definition) is 6. The minimum atomic E-state index is -1.23. The zero-order valence-electron chi connectivity index (χ0n) is 15.2. The van der Waals surface area contributed by atoms with E-state index < -0.39 is 30.6 Å². The van der Waals surface area contributed by atoms with E-state index in [1.165, 1.54) is 18.0 Å². The van der Waals surface area contributed by atoms with E-state index in [1.807, 2.05) is 13.0 Å². The summed E-state index contributed by atoms with van der Waals surface area (Å²) in [4.78, 5) is 18.6. The number of nitrogens with one attached hydrogen (secondary N) is 1. The van der Waals surface area contributed by atoms with Gasteiger partial charge in [0.15, 0.2) is 6.23 Å². The molecule has 8 nitrogen and oxygen atoms in total. The van der Waals surface area contributed by atoms with Crippen LogP contribution in [0, 0.1) is 6.92 Å². The number of halogens is 1. The molecule has 1 aliphatic heterocycles. The van der Waals surface area contributed by atoms with Gasteiger partial charge in [0.05, 0.1) is 11.7 Å². The third-order valence-corrected chi connectivity index (χ3v) is 5.55. The molecule has 0 saturated carbocycles. The summed E-state index contributed by atoms with van der Waals surface area (Å²) in [5.74, 6) is 0. The standard InChI is InChI=1S/C19H20ClN3O5/c1-9-7-10(3-4-12(9)20)15(27-2)16-13(24)14(25)19(28-16)23-6-5-11-17(23)21-8-22-18(11)26/h3-8,13-16,19,24-25H,1-2H3,(H,21,22,26)/t13-,14+,15+,16+,19+/m0/s1. The van der Waals surface area contributed by atoms with E-state index >= 15 is 0 Å². The lowest BCUT2D eigenvalue weighted by Crippen LogP contribution is -2.35. The van der Waals surface area contributed by atoms with Crippen molar-refractivity contribution >= 4 is 22.6 Å². The minimum Gasteiger partial charge on any atom is -0.387 e. The first-order valence-electron chi connectivity index (χ1n) is 8.77. The van der Waals surface area contributed by atoms with Gasteiger partial charge in [-0.15, -0.1) is 0 Å². The summed E-state index contributed by atoms with van der Waals surface area (Å²) in [5, 5.41) is 22.3. The molecule has 3 aromatic rings. The third kappa shape index (κ3) is 3.03. The van der Waals surface area contributed by atoms with Crippen molar-refractivity contribution in [1.29, 1.82) is 0 Å². The lowest BCUT2D eigenvalue weighted by molar-refractivity contribution is -0.0974. The van der Waals surface area contributed by atoms with Gasteiger partial charge in [-0.25, -0.2) is 4.98 Å². The Kier molecular flexibility index (Phi) is 4.98. The monoisotopic (exact) mass is 405 g/mol. The summed E-state index contributed by atoms with van der Waals surface area (Å²) in [6, 6.07) is 7.00. The molecule has 0 aliphatic carbocycles. The van der Waals surface area contributed by atoms with Crippen molar-refractivity contribution in [2.24, 2.45) is 0 Å². The molecule has 3 N–H and O–H groups in total. The zero-order valence-corrected chi connectivity index (χ0v) is 16.0. The average molecular weight is 406 g/mol. The number of hydrogen-bond donors (Lipinski definition) is 3. The van der Waals surface area contributed by atoms with E-state index in [0.29, 0.717) is 16.1 Å². The molecule has 0 bridgehead atoms. The van der Waals surface area contributed by atoms with Gasteiger partial charge >= 0.3 is 0 Å². The Hall–Kier alpha value is -2.23. The second-order valence-electron chi connectivity index (χ2n) is 6.83. The van der Waals surface area contributed by atoms with Crippen LogP contribution in [0.25, 0.3) is 11.0 Å². The zero-order chi connectivity index (χ0) is 20.0. The molecule has 1 aliphatic rings. The Morgan fingerprint density at radius 2 is 2.11 bits per heavy atom. The van der Waals surface area contributed by atoms with Crippen LogP contribution in [0.2, 0.25) is 5.02 Å². The molecule has 0 radical (unpaired) electrons. The van der Waals surface area contributed by atoms with E-state index in [2.05, 4.69) is 9.97 Å². The molecule has 0 unspecified atom stereocenters. The molecule has 4 rings (SSSR count). The first kappa shape index (κ1) is 19.1. The van der Waals surface area contributed by atoms with Gasteiger partial charge in [0.2, 0.25) is 0 Å². The SMILES string of the molecule is CO[C@H](c1ccc(Cl)c(C)c1)[C@@H]1O[C@@H](n2ccc3c(=O)[nH]cnc32)[C@H](O)[C@@H]1O. The highest BCUT2D eigenvalue weighted by Gasteiger charge is 2.48. The Morgan fingerprint density at radius 1 is 1.32 bits per heavy atom. The second kappa shape index (κ2) is 7.31. The summed E-state index contributed by atoms with van der Waals surface area (Å²) >= 11 is 6.10. The molecule has 5 atom stereocenters. The fraction of sp³-hybridized carbons (Fsp3) is 0.368. The Labute approximate surface area is 165 Å². The summed E-state index contributed by atoms with van der Waals surface area (Å²) in [7, 11) is 1.51. The van der Waals surface area contributed by atoms with E-state index in [1.54, 1.807) is 24.4 Å². The smallest absolute Gasteiger partial charge is 0.260 e. The molecule has 1 saturated heterocycles. The highest BCUT2D eigenvalue weighted by atomic mass is 35.5. The highest BCUT2D eigenvalue weighted by Crippen LogP contribution is 2.39. The maximum atomic E-state index is 11.9. The summed E-state index contributed by atoms with van der Waals surface area (Å²) in [6.45, 7) is 1.87.